The number of fused-ring (bicyclic) bond motifs is 1. The predicted molar refractivity (Wildman–Crippen MR) is 73.2 cm³/mol. The highest BCUT2D eigenvalue weighted by atomic mass is 32.2. The molecule has 0 fully saturated rings. The Hall–Kier alpha value is -1.41. The molecule has 0 aromatic carbocycles. The number of hydrogen-bond donors (Lipinski definition) is 1. The first kappa shape index (κ1) is 12.6. The lowest BCUT2D eigenvalue weighted by atomic mass is 10.2. The Morgan fingerprint density at radius 1 is 1.53 bits per heavy atom. The zero-order chi connectivity index (χ0) is 13.2. The third-order valence-corrected chi connectivity index (χ3v) is 5.16. The first-order valence-electron chi connectivity index (χ1n) is 5.91. The van der Waals surface area contributed by atoms with Gasteiger partial charge in [0, 0.05) is 10.6 Å². The topological polar surface area (TPSA) is 80.9 Å². The van der Waals surface area contributed by atoms with E-state index in [1.807, 2.05) is 11.8 Å². The summed E-state index contributed by atoms with van der Waals surface area (Å²) in [4.78, 5) is 13.1. The van der Waals surface area contributed by atoms with Gasteiger partial charge < -0.3 is 5.11 Å². The van der Waals surface area contributed by atoms with Gasteiger partial charge >= 0.3 is 5.97 Å². The van der Waals surface area contributed by atoms with Crippen molar-refractivity contribution in [3.05, 3.63) is 16.5 Å². The monoisotopic (exact) mass is 296 g/mol. The highest BCUT2D eigenvalue weighted by molar-refractivity contribution is 7.98. The minimum absolute atomic E-state index is 0.0268. The molecule has 3 heterocycles. The molecule has 19 heavy (non-hydrogen) atoms. The van der Waals surface area contributed by atoms with Crippen molar-refractivity contribution in [3.63, 3.8) is 0 Å². The minimum Gasteiger partial charge on any atom is -0.481 e. The van der Waals surface area contributed by atoms with Crippen molar-refractivity contribution in [1.29, 1.82) is 0 Å². The van der Waals surface area contributed by atoms with Crippen molar-refractivity contribution in [3.8, 4) is 10.7 Å². The van der Waals surface area contributed by atoms with E-state index in [9.17, 15) is 4.79 Å². The number of carboxylic acids is 1. The number of rotatable bonds is 4. The van der Waals surface area contributed by atoms with E-state index < -0.39 is 5.97 Å². The lowest BCUT2D eigenvalue weighted by molar-refractivity contribution is -0.137. The second-order valence-corrected chi connectivity index (χ2v) is 6.47. The van der Waals surface area contributed by atoms with Gasteiger partial charge in [0.1, 0.15) is 0 Å². The fourth-order valence-corrected chi connectivity index (χ4v) is 4.35. The number of thioether (sulfide) groups is 1. The van der Waals surface area contributed by atoms with Gasteiger partial charge in [-0.2, -0.15) is 11.8 Å². The molecule has 1 aliphatic rings. The molecule has 2 aromatic heterocycles. The Morgan fingerprint density at radius 3 is 3.21 bits per heavy atom. The van der Waals surface area contributed by atoms with E-state index in [1.165, 1.54) is 10.4 Å². The molecule has 0 bridgehead atoms. The molecule has 3 rings (SSSR count). The predicted octanol–water partition coefficient (Wildman–Crippen LogP) is 1.67. The molecule has 1 N–H and O–H groups in total. The van der Waals surface area contributed by atoms with Gasteiger partial charge in [-0.3, -0.25) is 4.79 Å². The summed E-state index contributed by atoms with van der Waals surface area (Å²) in [6.45, 7) is 0.301. The number of nitrogens with zero attached hydrogens (tertiary/aromatic N) is 4. The molecule has 100 valence electrons. The molecule has 1 aliphatic heterocycles. The van der Waals surface area contributed by atoms with Gasteiger partial charge in [0.05, 0.1) is 17.8 Å². The van der Waals surface area contributed by atoms with Gasteiger partial charge in [0.2, 0.25) is 0 Å². The number of aromatic nitrogens is 4. The smallest absolute Gasteiger partial charge is 0.305 e. The third kappa shape index (κ3) is 2.64. The molecule has 0 spiro atoms. The summed E-state index contributed by atoms with van der Waals surface area (Å²) in [5, 5.41) is 20.3. The second kappa shape index (κ2) is 5.30. The molecule has 0 radical (unpaired) electrons. The zero-order valence-electron chi connectivity index (χ0n) is 10.1. The van der Waals surface area contributed by atoms with Crippen LogP contribution in [0, 0.1) is 0 Å². The van der Waals surface area contributed by atoms with Gasteiger partial charge in [-0.05, 0) is 34.2 Å². The molecule has 6 nitrogen and oxygen atoms in total. The van der Waals surface area contributed by atoms with Crippen LogP contribution < -0.4 is 0 Å². The minimum atomic E-state index is -0.844. The average molecular weight is 296 g/mol. The maximum Gasteiger partial charge on any atom is 0.305 e. The van der Waals surface area contributed by atoms with Gasteiger partial charge in [-0.1, -0.05) is 0 Å². The van der Waals surface area contributed by atoms with Gasteiger partial charge in [-0.25, -0.2) is 4.68 Å². The van der Waals surface area contributed by atoms with Crippen molar-refractivity contribution in [1.82, 2.24) is 20.2 Å². The van der Waals surface area contributed by atoms with E-state index in [0.29, 0.717) is 12.4 Å². The van der Waals surface area contributed by atoms with Crippen molar-refractivity contribution < 1.29 is 9.90 Å². The Balaban J connectivity index is 1.87. The molecule has 8 heteroatoms. The van der Waals surface area contributed by atoms with Gasteiger partial charge in [0.15, 0.2) is 5.82 Å². The number of aliphatic carboxylic acids is 1. The van der Waals surface area contributed by atoms with Gasteiger partial charge in [-0.15, -0.1) is 16.4 Å². The van der Waals surface area contributed by atoms with E-state index in [4.69, 9.17) is 5.11 Å². The summed E-state index contributed by atoms with van der Waals surface area (Å²) in [6, 6.07) is 2.13. The fraction of sp³-hybridized carbons (Fsp3) is 0.455. The molecular formula is C11H12N4O2S2. The van der Waals surface area contributed by atoms with E-state index in [1.54, 1.807) is 16.0 Å². The Morgan fingerprint density at radius 2 is 2.42 bits per heavy atom. The van der Waals surface area contributed by atoms with Crippen LogP contribution in [0.5, 0.6) is 0 Å². The number of aryl methyl sites for hydroxylation is 2. The van der Waals surface area contributed by atoms with Crippen LogP contribution in [0.3, 0.4) is 0 Å². The third-order valence-electron chi connectivity index (χ3n) is 2.92. The number of carbonyl (C=O) groups is 1. The average Bonchev–Trinajstić information content (AvgIpc) is 3.02. The van der Waals surface area contributed by atoms with Crippen LogP contribution in [0.15, 0.2) is 6.07 Å². The van der Waals surface area contributed by atoms with E-state index in [-0.39, 0.29) is 6.42 Å². The van der Waals surface area contributed by atoms with Crippen molar-refractivity contribution >= 4 is 29.1 Å². The van der Waals surface area contributed by atoms with E-state index >= 15 is 0 Å². The van der Waals surface area contributed by atoms with Crippen LogP contribution in [0.2, 0.25) is 0 Å². The molecule has 2 aromatic rings. The van der Waals surface area contributed by atoms with Crippen LogP contribution in [0.1, 0.15) is 16.9 Å². The molecular weight excluding hydrogens is 284 g/mol. The number of carboxylic acid groups (broad SMARTS) is 1. The van der Waals surface area contributed by atoms with Gasteiger partial charge in [0.25, 0.3) is 0 Å². The highest BCUT2D eigenvalue weighted by Gasteiger charge is 2.18. The van der Waals surface area contributed by atoms with Crippen LogP contribution in [-0.2, 0) is 23.5 Å². The normalized spacial score (nSPS) is 14.3. The summed E-state index contributed by atoms with van der Waals surface area (Å²) in [6.07, 6.45) is 1.13. The Kier molecular flexibility index (Phi) is 3.52. The quantitative estimate of drug-likeness (QED) is 0.924. The molecule has 0 unspecified atom stereocenters. The maximum atomic E-state index is 10.6. The lowest BCUT2D eigenvalue weighted by Gasteiger charge is -2.08. The number of thiophene rings is 1. The maximum absolute atomic E-state index is 10.6. The largest absolute Gasteiger partial charge is 0.481 e. The molecule has 0 saturated heterocycles. The summed E-state index contributed by atoms with van der Waals surface area (Å²) in [7, 11) is 0. The lowest BCUT2D eigenvalue weighted by Crippen LogP contribution is -2.07. The highest BCUT2D eigenvalue weighted by Crippen LogP contribution is 2.35. The summed E-state index contributed by atoms with van der Waals surface area (Å²) >= 11 is 3.65. The van der Waals surface area contributed by atoms with E-state index in [2.05, 4.69) is 21.6 Å². The number of hydrogen-bond acceptors (Lipinski definition) is 6. The van der Waals surface area contributed by atoms with Crippen molar-refractivity contribution in [2.45, 2.75) is 25.1 Å². The molecule has 0 saturated carbocycles. The summed E-state index contributed by atoms with van der Waals surface area (Å²) in [5.41, 5.74) is 1.36. The van der Waals surface area contributed by atoms with Crippen LogP contribution in [0.4, 0.5) is 0 Å². The summed E-state index contributed by atoms with van der Waals surface area (Å²) in [5.74, 6) is 2.04. The fourth-order valence-electron chi connectivity index (χ4n) is 1.99. The first-order chi connectivity index (χ1) is 9.24. The zero-order valence-corrected chi connectivity index (χ0v) is 11.7. The SMILES string of the molecule is O=C(O)CCn1nnnc1-c1cc2c(s1)CCSC2. The standard InChI is InChI=1S/C11H12N4O2S2/c16-10(17)1-3-15-11(12-13-14-15)9-5-7-6-18-4-2-8(7)19-9/h5H,1-4,6H2,(H,16,17). The summed E-state index contributed by atoms with van der Waals surface area (Å²) < 4.78 is 1.57. The van der Waals surface area contributed by atoms with Crippen LogP contribution in [0.25, 0.3) is 10.7 Å². The number of tetrazole rings is 1. The van der Waals surface area contributed by atoms with Crippen LogP contribution >= 0.6 is 23.1 Å². The van der Waals surface area contributed by atoms with E-state index in [0.717, 1.165) is 22.8 Å². The molecule has 0 amide bonds. The first-order valence-corrected chi connectivity index (χ1v) is 7.89. The van der Waals surface area contributed by atoms with Crippen LogP contribution in [-0.4, -0.2) is 37.0 Å². The Bertz CT molecular complexity index is 584. The Labute approximate surface area is 117 Å². The molecule has 0 atom stereocenters. The van der Waals surface area contributed by atoms with Crippen molar-refractivity contribution in [2.75, 3.05) is 5.75 Å². The molecule has 0 aliphatic carbocycles. The van der Waals surface area contributed by atoms with Crippen molar-refractivity contribution in [2.24, 2.45) is 0 Å². The second-order valence-electron chi connectivity index (χ2n) is 4.23.